The van der Waals surface area contributed by atoms with Crippen LogP contribution in [0.5, 0.6) is 0 Å². The highest BCUT2D eigenvalue weighted by Crippen LogP contribution is 2.37. The lowest BCUT2D eigenvalue weighted by Crippen LogP contribution is -2.41. The predicted octanol–water partition coefficient (Wildman–Crippen LogP) is 2.93. The molecule has 2 aliphatic rings. The summed E-state index contributed by atoms with van der Waals surface area (Å²) in [5, 5.41) is 1.74. The lowest BCUT2D eigenvalue weighted by molar-refractivity contribution is -0.132. The third-order valence-corrected chi connectivity index (χ3v) is 8.53. The minimum absolute atomic E-state index is 0.0235. The number of anilines is 1. The number of carbonyl (C=O) groups excluding carboxylic acids is 2. The Morgan fingerprint density at radius 3 is 2.81 bits per heavy atom. The van der Waals surface area contributed by atoms with Crippen molar-refractivity contribution in [3.05, 3.63) is 18.2 Å². The van der Waals surface area contributed by atoms with Gasteiger partial charge in [-0.1, -0.05) is 6.92 Å². The van der Waals surface area contributed by atoms with Gasteiger partial charge in [-0.15, -0.1) is 11.8 Å². The van der Waals surface area contributed by atoms with Gasteiger partial charge in [0.15, 0.2) is 9.84 Å². The van der Waals surface area contributed by atoms with Gasteiger partial charge < -0.3 is 10.2 Å². The Kier molecular flexibility index (Phi) is 5.86. The van der Waals surface area contributed by atoms with Crippen LogP contribution in [0.1, 0.15) is 40.0 Å². The summed E-state index contributed by atoms with van der Waals surface area (Å²) in [5.41, 5.74) is 0.521. The van der Waals surface area contributed by atoms with Crippen molar-refractivity contribution in [2.24, 2.45) is 5.92 Å². The zero-order chi connectivity index (χ0) is 19.8. The van der Waals surface area contributed by atoms with Gasteiger partial charge in [0.1, 0.15) is 0 Å². The summed E-state index contributed by atoms with van der Waals surface area (Å²) < 4.78 is 25.9. The molecule has 1 saturated heterocycles. The molecule has 1 N–H and O–H groups in total. The van der Waals surface area contributed by atoms with Gasteiger partial charge in [-0.2, -0.15) is 0 Å². The molecule has 148 valence electrons. The molecule has 0 bridgehead atoms. The summed E-state index contributed by atoms with van der Waals surface area (Å²) in [5.74, 6) is 0.219. The van der Waals surface area contributed by atoms with Crippen LogP contribution in [0.15, 0.2) is 28.0 Å². The molecule has 6 nitrogen and oxygen atoms in total. The summed E-state index contributed by atoms with van der Waals surface area (Å²) in [6.45, 7) is 6.90. The van der Waals surface area contributed by atoms with Crippen molar-refractivity contribution in [3.63, 3.8) is 0 Å². The SMILES string of the molecule is CC1CCCN(C(=O)CC(C)S(=O)(=O)c2ccc3c(c2)NC(=O)C(C)S3)C1. The molecule has 1 aromatic carbocycles. The molecule has 8 heteroatoms. The molecule has 1 fully saturated rings. The Bertz CT molecular complexity index is 853. The van der Waals surface area contributed by atoms with Crippen LogP contribution >= 0.6 is 11.8 Å². The molecule has 0 saturated carbocycles. The van der Waals surface area contributed by atoms with E-state index in [4.69, 9.17) is 0 Å². The number of nitrogens with one attached hydrogen (secondary N) is 1. The number of sulfone groups is 1. The summed E-state index contributed by atoms with van der Waals surface area (Å²) in [4.78, 5) is 27.2. The van der Waals surface area contributed by atoms with Crippen LogP contribution in [0.3, 0.4) is 0 Å². The number of hydrogen-bond donors (Lipinski definition) is 1. The summed E-state index contributed by atoms with van der Waals surface area (Å²) in [6, 6.07) is 4.80. The number of carbonyl (C=O) groups is 2. The Balaban J connectivity index is 1.75. The van der Waals surface area contributed by atoms with Gasteiger partial charge in [0.25, 0.3) is 0 Å². The van der Waals surface area contributed by atoms with E-state index in [0.29, 0.717) is 24.7 Å². The van der Waals surface area contributed by atoms with Crippen LogP contribution in [0.4, 0.5) is 5.69 Å². The standard InChI is InChI=1S/C19H26N2O4S2/c1-12-5-4-8-21(11-12)18(22)9-13(2)27(24,25)15-6-7-17-16(10-15)20-19(23)14(3)26-17/h6-7,10,12-14H,4-5,8-9,11H2,1-3H3,(H,20,23). The van der Waals surface area contributed by atoms with Crippen molar-refractivity contribution in [1.29, 1.82) is 0 Å². The quantitative estimate of drug-likeness (QED) is 0.825. The van der Waals surface area contributed by atoms with Crippen molar-refractivity contribution < 1.29 is 18.0 Å². The highest BCUT2D eigenvalue weighted by Gasteiger charge is 2.31. The Morgan fingerprint density at radius 2 is 2.11 bits per heavy atom. The van der Waals surface area contributed by atoms with E-state index in [1.807, 2.05) is 6.92 Å². The maximum atomic E-state index is 13.0. The molecule has 0 spiro atoms. The topological polar surface area (TPSA) is 83.6 Å². The van der Waals surface area contributed by atoms with Crippen molar-refractivity contribution in [1.82, 2.24) is 4.90 Å². The van der Waals surface area contributed by atoms with Crippen LogP contribution in [-0.4, -0.2) is 48.7 Å². The van der Waals surface area contributed by atoms with Crippen molar-refractivity contribution in [2.75, 3.05) is 18.4 Å². The number of nitrogens with zero attached hydrogens (tertiary/aromatic N) is 1. The zero-order valence-electron chi connectivity index (χ0n) is 15.9. The average Bonchev–Trinajstić information content (AvgIpc) is 2.62. The minimum Gasteiger partial charge on any atom is -0.342 e. The van der Waals surface area contributed by atoms with Gasteiger partial charge in [-0.05, 0) is 50.8 Å². The van der Waals surface area contributed by atoms with E-state index in [0.717, 1.165) is 17.7 Å². The smallest absolute Gasteiger partial charge is 0.237 e. The third-order valence-electron chi connectivity index (χ3n) is 5.21. The molecule has 2 amide bonds. The Hall–Kier alpha value is -1.54. The average molecular weight is 411 g/mol. The molecule has 0 aromatic heterocycles. The third kappa shape index (κ3) is 4.32. The first-order chi connectivity index (χ1) is 12.7. The molecule has 0 aliphatic carbocycles. The maximum absolute atomic E-state index is 13.0. The minimum atomic E-state index is -3.66. The van der Waals surface area contributed by atoms with Crippen molar-refractivity contribution in [2.45, 2.75) is 60.3 Å². The number of benzene rings is 1. The number of fused-ring (bicyclic) bond motifs is 1. The fraction of sp³-hybridized carbons (Fsp3) is 0.579. The second-order valence-corrected chi connectivity index (χ2v) is 11.3. The second kappa shape index (κ2) is 7.83. The van der Waals surface area contributed by atoms with E-state index in [1.54, 1.807) is 24.0 Å². The predicted molar refractivity (Wildman–Crippen MR) is 107 cm³/mol. The molecule has 0 radical (unpaired) electrons. The molecule has 2 heterocycles. The fourth-order valence-corrected chi connectivity index (χ4v) is 5.79. The largest absolute Gasteiger partial charge is 0.342 e. The fourth-order valence-electron chi connectivity index (χ4n) is 3.50. The van der Waals surface area contributed by atoms with Crippen LogP contribution in [-0.2, 0) is 19.4 Å². The van der Waals surface area contributed by atoms with Crippen molar-refractivity contribution in [3.8, 4) is 0 Å². The van der Waals surface area contributed by atoms with Crippen molar-refractivity contribution >= 4 is 39.1 Å². The molecular weight excluding hydrogens is 384 g/mol. The second-order valence-electron chi connectivity index (χ2n) is 7.55. The number of thioether (sulfide) groups is 1. The van der Waals surface area contributed by atoms with Gasteiger partial charge in [0, 0.05) is 24.4 Å². The summed E-state index contributed by atoms with van der Waals surface area (Å²) in [6.07, 6.45) is 2.05. The molecule has 2 aliphatic heterocycles. The number of amides is 2. The van der Waals surface area contributed by atoms with Gasteiger partial charge in [-0.3, -0.25) is 9.59 Å². The first kappa shape index (κ1) is 20.2. The van der Waals surface area contributed by atoms with E-state index >= 15 is 0 Å². The van der Waals surface area contributed by atoms with Gasteiger partial charge >= 0.3 is 0 Å². The molecular formula is C19H26N2O4S2. The number of likely N-dealkylation sites (tertiary alicyclic amines) is 1. The first-order valence-corrected chi connectivity index (χ1v) is 11.7. The highest BCUT2D eigenvalue weighted by atomic mass is 32.2. The van der Waals surface area contributed by atoms with Crippen LogP contribution in [0.25, 0.3) is 0 Å². The van der Waals surface area contributed by atoms with E-state index in [-0.39, 0.29) is 28.4 Å². The molecule has 3 atom stereocenters. The maximum Gasteiger partial charge on any atom is 0.237 e. The molecule has 3 rings (SSSR count). The van der Waals surface area contributed by atoms with E-state index in [2.05, 4.69) is 12.2 Å². The van der Waals surface area contributed by atoms with Gasteiger partial charge in [-0.25, -0.2) is 8.42 Å². The normalized spacial score (nSPS) is 24.1. The number of piperidine rings is 1. The molecule has 1 aromatic rings. The van der Waals surface area contributed by atoms with E-state index < -0.39 is 15.1 Å². The monoisotopic (exact) mass is 410 g/mol. The zero-order valence-corrected chi connectivity index (χ0v) is 17.5. The highest BCUT2D eigenvalue weighted by molar-refractivity contribution is 8.01. The van der Waals surface area contributed by atoms with E-state index in [9.17, 15) is 18.0 Å². The van der Waals surface area contributed by atoms with Crippen LogP contribution in [0, 0.1) is 5.92 Å². The molecule has 3 unspecified atom stereocenters. The van der Waals surface area contributed by atoms with Crippen LogP contribution in [0.2, 0.25) is 0 Å². The van der Waals surface area contributed by atoms with Gasteiger partial charge in [0.2, 0.25) is 11.8 Å². The number of rotatable bonds is 4. The lowest BCUT2D eigenvalue weighted by Gasteiger charge is -2.31. The Morgan fingerprint density at radius 1 is 1.37 bits per heavy atom. The van der Waals surface area contributed by atoms with Gasteiger partial charge in [0.05, 0.1) is 21.1 Å². The summed E-state index contributed by atoms with van der Waals surface area (Å²) in [7, 11) is -3.66. The Labute approximate surface area is 165 Å². The first-order valence-electron chi connectivity index (χ1n) is 9.31. The number of hydrogen-bond acceptors (Lipinski definition) is 5. The summed E-state index contributed by atoms with van der Waals surface area (Å²) >= 11 is 1.41. The van der Waals surface area contributed by atoms with E-state index in [1.165, 1.54) is 17.8 Å². The lowest BCUT2D eigenvalue weighted by atomic mass is 10.00. The van der Waals surface area contributed by atoms with Crippen LogP contribution < -0.4 is 5.32 Å². The molecule has 27 heavy (non-hydrogen) atoms.